The lowest BCUT2D eigenvalue weighted by molar-refractivity contribution is 0.102. The molecule has 2 rings (SSSR count). The fourth-order valence-electron chi connectivity index (χ4n) is 1.55. The molecule has 2 aromatic rings. The van der Waals surface area contributed by atoms with Crippen LogP contribution in [-0.2, 0) is 0 Å². The molecule has 20 heavy (non-hydrogen) atoms. The monoisotopic (exact) mass is 293 g/mol. The number of hydrogen-bond donors (Lipinski definition) is 3. The number of phenolic OH excluding ortho intramolecular Hbond substituents is 1. The molecule has 1 aromatic heterocycles. The van der Waals surface area contributed by atoms with Crippen LogP contribution in [-0.4, -0.2) is 23.1 Å². The van der Waals surface area contributed by atoms with Gasteiger partial charge in [-0.15, -0.1) is 0 Å². The number of rotatable bonds is 3. The van der Waals surface area contributed by atoms with Gasteiger partial charge in [-0.1, -0.05) is 11.6 Å². The lowest BCUT2D eigenvalue weighted by atomic mass is 10.1. The summed E-state index contributed by atoms with van der Waals surface area (Å²) < 4.78 is 4.98. The van der Waals surface area contributed by atoms with Crippen LogP contribution in [0.15, 0.2) is 30.5 Å². The van der Waals surface area contributed by atoms with Crippen LogP contribution in [0.5, 0.6) is 11.5 Å². The van der Waals surface area contributed by atoms with Crippen molar-refractivity contribution in [3.05, 3.63) is 41.0 Å². The van der Waals surface area contributed by atoms with E-state index in [4.69, 9.17) is 22.1 Å². The zero-order valence-electron chi connectivity index (χ0n) is 10.6. The molecule has 1 aromatic carbocycles. The average molecular weight is 294 g/mol. The molecule has 0 aliphatic heterocycles. The van der Waals surface area contributed by atoms with Crippen LogP contribution in [0.4, 0.5) is 11.5 Å². The van der Waals surface area contributed by atoms with E-state index in [-0.39, 0.29) is 17.0 Å². The van der Waals surface area contributed by atoms with Crippen LogP contribution >= 0.6 is 11.6 Å². The van der Waals surface area contributed by atoms with Crippen molar-refractivity contribution in [3.63, 3.8) is 0 Å². The lowest BCUT2D eigenvalue weighted by Crippen LogP contribution is -2.15. The van der Waals surface area contributed by atoms with Gasteiger partial charge in [-0.25, -0.2) is 4.98 Å². The van der Waals surface area contributed by atoms with Crippen molar-refractivity contribution in [1.82, 2.24) is 4.98 Å². The molecular formula is C13H12ClN3O3. The zero-order chi connectivity index (χ0) is 14.7. The SMILES string of the molecule is COc1cc(O)c(N)c(C(=O)Nc2ccc(Cl)cn2)c1. The maximum Gasteiger partial charge on any atom is 0.259 e. The number of halogens is 1. The Morgan fingerprint density at radius 2 is 2.20 bits per heavy atom. The van der Waals surface area contributed by atoms with Gasteiger partial charge in [-0.2, -0.15) is 0 Å². The average Bonchev–Trinajstić information content (AvgIpc) is 2.44. The zero-order valence-corrected chi connectivity index (χ0v) is 11.3. The highest BCUT2D eigenvalue weighted by Crippen LogP contribution is 2.30. The molecule has 0 saturated carbocycles. The molecule has 7 heteroatoms. The summed E-state index contributed by atoms with van der Waals surface area (Å²) in [6, 6.07) is 5.90. The van der Waals surface area contributed by atoms with Crippen molar-refractivity contribution >= 4 is 29.0 Å². The first-order valence-corrected chi connectivity index (χ1v) is 5.98. The van der Waals surface area contributed by atoms with E-state index in [9.17, 15) is 9.90 Å². The van der Waals surface area contributed by atoms with E-state index >= 15 is 0 Å². The molecule has 0 radical (unpaired) electrons. The highest BCUT2D eigenvalue weighted by molar-refractivity contribution is 6.30. The highest BCUT2D eigenvalue weighted by atomic mass is 35.5. The topological polar surface area (TPSA) is 97.5 Å². The number of carbonyl (C=O) groups excluding carboxylic acids is 1. The van der Waals surface area contributed by atoms with Crippen molar-refractivity contribution in [1.29, 1.82) is 0 Å². The second-order valence-electron chi connectivity index (χ2n) is 3.92. The summed E-state index contributed by atoms with van der Waals surface area (Å²) in [5, 5.41) is 12.7. The number of nitrogens with two attached hydrogens (primary N) is 1. The molecule has 0 unspecified atom stereocenters. The van der Waals surface area contributed by atoms with Crippen LogP contribution < -0.4 is 15.8 Å². The van der Waals surface area contributed by atoms with E-state index in [1.165, 1.54) is 25.4 Å². The Morgan fingerprint density at radius 3 is 2.80 bits per heavy atom. The normalized spacial score (nSPS) is 10.1. The number of phenols is 1. The number of carbonyl (C=O) groups is 1. The Hall–Kier alpha value is -2.47. The lowest BCUT2D eigenvalue weighted by Gasteiger charge is -2.10. The van der Waals surface area contributed by atoms with E-state index in [0.29, 0.717) is 16.6 Å². The van der Waals surface area contributed by atoms with E-state index in [1.54, 1.807) is 12.1 Å². The van der Waals surface area contributed by atoms with Crippen molar-refractivity contribution in [3.8, 4) is 11.5 Å². The molecule has 104 valence electrons. The number of hydrogen-bond acceptors (Lipinski definition) is 5. The molecule has 0 aliphatic carbocycles. The fraction of sp³-hybridized carbons (Fsp3) is 0.0769. The molecule has 4 N–H and O–H groups in total. The van der Waals surface area contributed by atoms with Gasteiger partial charge in [0.15, 0.2) is 0 Å². The predicted molar refractivity (Wildman–Crippen MR) is 76.3 cm³/mol. The van der Waals surface area contributed by atoms with Crippen molar-refractivity contribution in [2.45, 2.75) is 0 Å². The van der Waals surface area contributed by atoms with Gasteiger partial charge in [0.25, 0.3) is 5.91 Å². The molecule has 6 nitrogen and oxygen atoms in total. The molecule has 0 atom stereocenters. The number of ether oxygens (including phenoxy) is 1. The van der Waals surface area contributed by atoms with Crippen molar-refractivity contribution in [2.24, 2.45) is 0 Å². The highest BCUT2D eigenvalue weighted by Gasteiger charge is 2.15. The number of anilines is 2. The number of pyridine rings is 1. The van der Waals surface area contributed by atoms with Gasteiger partial charge >= 0.3 is 0 Å². The summed E-state index contributed by atoms with van der Waals surface area (Å²) in [5.41, 5.74) is 5.74. The van der Waals surface area contributed by atoms with Crippen LogP contribution in [0.3, 0.4) is 0 Å². The van der Waals surface area contributed by atoms with Crippen LogP contribution in [0.2, 0.25) is 5.02 Å². The molecule has 0 saturated heterocycles. The Labute approximate surface area is 120 Å². The van der Waals surface area contributed by atoms with Crippen molar-refractivity contribution < 1.29 is 14.6 Å². The Balaban J connectivity index is 2.29. The first-order valence-electron chi connectivity index (χ1n) is 5.60. The molecule has 0 bridgehead atoms. The largest absolute Gasteiger partial charge is 0.506 e. The smallest absolute Gasteiger partial charge is 0.259 e. The Kier molecular flexibility index (Phi) is 3.95. The minimum absolute atomic E-state index is 0.0303. The number of methoxy groups -OCH3 is 1. The number of amides is 1. The standard InChI is InChI=1S/C13H12ClN3O3/c1-20-8-4-9(12(15)10(18)5-8)13(19)17-11-3-2-7(14)6-16-11/h2-6,18H,15H2,1H3,(H,16,17,19). The molecular weight excluding hydrogens is 282 g/mol. The van der Waals surface area contributed by atoms with E-state index < -0.39 is 5.91 Å². The molecule has 0 fully saturated rings. The number of nitrogen functional groups attached to an aromatic ring is 1. The van der Waals surface area contributed by atoms with E-state index in [0.717, 1.165) is 0 Å². The minimum Gasteiger partial charge on any atom is -0.506 e. The molecule has 0 aliphatic rings. The summed E-state index contributed by atoms with van der Waals surface area (Å²) in [7, 11) is 1.42. The minimum atomic E-state index is -0.508. The second-order valence-corrected chi connectivity index (χ2v) is 4.36. The molecule has 1 heterocycles. The quantitative estimate of drug-likeness (QED) is 0.596. The van der Waals surface area contributed by atoms with Crippen LogP contribution in [0.25, 0.3) is 0 Å². The number of nitrogens with one attached hydrogen (secondary N) is 1. The molecule has 0 spiro atoms. The maximum absolute atomic E-state index is 12.1. The van der Waals surface area contributed by atoms with Crippen molar-refractivity contribution in [2.75, 3.05) is 18.2 Å². The summed E-state index contributed by atoms with van der Waals surface area (Å²) in [6.45, 7) is 0. The van der Waals surface area contributed by atoms with E-state index in [2.05, 4.69) is 10.3 Å². The summed E-state index contributed by atoms with van der Waals surface area (Å²) >= 11 is 5.71. The third-order valence-corrected chi connectivity index (χ3v) is 2.80. The Bertz CT molecular complexity index is 644. The van der Waals surface area contributed by atoms with Crippen LogP contribution in [0, 0.1) is 0 Å². The van der Waals surface area contributed by atoms with Gasteiger partial charge in [0.2, 0.25) is 0 Å². The number of aromatic nitrogens is 1. The third kappa shape index (κ3) is 2.92. The van der Waals surface area contributed by atoms with E-state index in [1.807, 2.05) is 0 Å². The predicted octanol–water partition coefficient (Wildman–Crippen LogP) is 2.28. The summed E-state index contributed by atoms with van der Waals surface area (Å²) in [5.74, 6) is -0.0860. The summed E-state index contributed by atoms with van der Waals surface area (Å²) in [6.07, 6.45) is 1.41. The first kappa shape index (κ1) is 14.0. The van der Waals surface area contributed by atoms with Gasteiger partial charge in [0.1, 0.15) is 17.3 Å². The number of aromatic hydroxyl groups is 1. The van der Waals surface area contributed by atoms with Gasteiger partial charge in [0, 0.05) is 12.3 Å². The van der Waals surface area contributed by atoms with Gasteiger partial charge in [-0.05, 0) is 18.2 Å². The number of benzene rings is 1. The second kappa shape index (κ2) is 5.66. The summed E-state index contributed by atoms with van der Waals surface area (Å²) in [4.78, 5) is 16.0. The van der Waals surface area contributed by atoms with Crippen LogP contribution in [0.1, 0.15) is 10.4 Å². The molecule has 1 amide bonds. The van der Waals surface area contributed by atoms with Gasteiger partial charge in [-0.3, -0.25) is 4.79 Å². The fourth-order valence-corrected chi connectivity index (χ4v) is 1.66. The Morgan fingerprint density at radius 1 is 1.45 bits per heavy atom. The first-order chi connectivity index (χ1) is 9.51. The van der Waals surface area contributed by atoms with Gasteiger partial charge < -0.3 is 20.9 Å². The van der Waals surface area contributed by atoms with Gasteiger partial charge in [0.05, 0.1) is 23.4 Å². The maximum atomic E-state index is 12.1. The number of nitrogens with zero attached hydrogens (tertiary/aromatic N) is 1. The third-order valence-electron chi connectivity index (χ3n) is 2.58.